The molecule has 5 nitrogen and oxygen atoms in total. The Hall–Kier alpha value is -3.35. The van der Waals surface area contributed by atoms with Gasteiger partial charge in [0.05, 0.1) is 11.1 Å². The van der Waals surface area contributed by atoms with Gasteiger partial charge in [-0.1, -0.05) is 41.4 Å². The number of halogens is 3. The Balaban J connectivity index is 1.89. The third kappa shape index (κ3) is 3.21. The first kappa shape index (κ1) is 21.5. The maximum absolute atomic E-state index is 14.4. The minimum Gasteiger partial charge on any atom is -0.506 e. The summed E-state index contributed by atoms with van der Waals surface area (Å²) >= 11 is 12.4. The molecule has 5 rings (SSSR count). The largest absolute Gasteiger partial charge is 0.506 e. The van der Waals surface area contributed by atoms with Crippen molar-refractivity contribution in [2.45, 2.75) is 18.4 Å². The topological polar surface area (TPSA) is 78.4 Å². The van der Waals surface area contributed by atoms with E-state index in [1.165, 1.54) is 30.3 Å². The summed E-state index contributed by atoms with van der Waals surface area (Å²) in [6.45, 7) is 1.78. The lowest BCUT2D eigenvalue weighted by atomic mass is 9.63. The molecule has 0 aliphatic carbocycles. The van der Waals surface area contributed by atoms with E-state index in [4.69, 9.17) is 23.2 Å². The van der Waals surface area contributed by atoms with Crippen LogP contribution in [-0.4, -0.2) is 16.9 Å². The molecular formula is C25H17Cl2FN2O3. The van der Waals surface area contributed by atoms with Gasteiger partial charge in [0, 0.05) is 22.3 Å². The third-order valence-corrected chi connectivity index (χ3v) is 6.76. The van der Waals surface area contributed by atoms with Crippen molar-refractivity contribution < 1.29 is 19.1 Å². The number of hydrogen-bond acceptors (Lipinski definition) is 3. The molecule has 0 fully saturated rings. The highest BCUT2D eigenvalue weighted by Gasteiger charge is 2.58. The van der Waals surface area contributed by atoms with Crippen molar-refractivity contribution in [2.24, 2.45) is 0 Å². The number of rotatable bonds is 2. The van der Waals surface area contributed by atoms with Crippen LogP contribution in [0.3, 0.4) is 0 Å². The Morgan fingerprint density at radius 3 is 2.61 bits per heavy atom. The van der Waals surface area contributed by atoms with Crippen LogP contribution in [0.2, 0.25) is 10.0 Å². The molecule has 0 saturated carbocycles. The molecule has 0 radical (unpaired) electrons. The van der Waals surface area contributed by atoms with E-state index in [9.17, 15) is 19.1 Å². The van der Waals surface area contributed by atoms with Crippen LogP contribution in [0.5, 0.6) is 5.75 Å². The number of phenols is 1. The lowest BCUT2D eigenvalue weighted by molar-refractivity contribution is -0.122. The zero-order valence-electron chi connectivity index (χ0n) is 17.2. The molecule has 2 aliphatic rings. The Kier molecular flexibility index (Phi) is 4.96. The summed E-state index contributed by atoms with van der Waals surface area (Å²) < 4.78 is 14.4. The fourth-order valence-corrected chi connectivity index (χ4v) is 5.14. The number of anilines is 1. The molecule has 2 heterocycles. The van der Waals surface area contributed by atoms with Gasteiger partial charge in [0.2, 0.25) is 11.8 Å². The van der Waals surface area contributed by atoms with Gasteiger partial charge >= 0.3 is 0 Å². The molecule has 1 spiro atoms. The maximum atomic E-state index is 14.4. The molecule has 0 aromatic heterocycles. The summed E-state index contributed by atoms with van der Waals surface area (Å²) in [6, 6.07) is 12.9. The molecule has 3 N–H and O–H groups in total. The first-order chi connectivity index (χ1) is 15.7. The number of amides is 2. The van der Waals surface area contributed by atoms with Gasteiger partial charge in [0.15, 0.2) is 0 Å². The SMILES string of the molecule is Cc1ccc(F)cc1[C@H]1NC(=O)C=C(c2cccc(Cl)c2)[C@]12C(=O)Nc1cc(Cl)c(O)cc12. The highest BCUT2D eigenvalue weighted by molar-refractivity contribution is 6.33. The van der Waals surface area contributed by atoms with Gasteiger partial charge in [-0.2, -0.15) is 0 Å². The molecule has 0 unspecified atom stereocenters. The first-order valence-electron chi connectivity index (χ1n) is 10.1. The average molecular weight is 483 g/mol. The van der Waals surface area contributed by atoms with Crippen LogP contribution >= 0.6 is 23.2 Å². The number of aryl methyl sites for hydroxylation is 1. The second kappa shape index (κ2) is 7.61. The van der Waals surface area contributed by atoms with Crippen molar-refractivity contribution >= 4 is 46.3 Å². The van der Waals surface area contributed by atoms with Gasteiger partial charge in [-0.15, -0.1) is 0 Å². The molecular weight excluding hydrogens is 466 g/mol. The molecule has 3 aromatic rings. The standard InChI is InChI=1S/C25H17Cl2FN2O3/c1-12-5-6-15(28)8-16(12)23-25(18-9-21(31)19(27)11-20(18)29-24(25)33)17(10-22(32)30-23)13-3-2-4-14(26)7-13/h2-11,23,31H,1H3,(H,29,33)(H,30,32)/t23-,25-/m1/s1. The second-order valence-corrected chi connectivity index (χ2v) is 8.97. The number of carbonyl (C=O) groups is 2. The van der Waals surface area contributed by atoms with E-state index in [0.29, 0.717) is 38.5 Å². The van der Waals surface area contributed by atoms with Gasteiger partial charge in [-0.05, 0) is 65.6 Å². The van der Waals surface area contributed by atoms with Crippen molar-refractivity contribution in [1.29, 1.82) is 0 Å². The van der Waals surface area contributed by atoms with Gasteiger partial charge in [-0.3, -0.25) is 9.59 Å². The highest BCUT2D eigenvalue weighted by atomic mass is 35.5. The molecule has 166 valence electrons. The van der Waals surface area contributed by atoms with Crippen LogP contribution in [0.1, 0.15) is 28.3 Å². The molecule has 2 aliphatic heterocycles. The van der Waals surface area contributed by atoms with Crippen LogP contribution in [0.15, 0.2) is 60.7 Å². The first-order valence-corrected chi connectivity index (χ1v) is 10.9. The third-order valence-electron chi connectivity index (χ3n) is 6.23. The summed E-state index contributed by atoms with van der Waals surface area (Å²) in [5.41, 5.74) is 1.34. The average Bonchev–Trinajstić information content (AvgIpc) is 3.03. The predicted octanol–water partition coefficient (Wildman–Crippen LogP) is 5.29. The van der Waals surface area contributed by atoms with E-state index in [2.05, 4.69) is 10.6 Å². The number of phenolic OH excluding ortho intramolecular Hbond substituents is 1. The van der Waals surface area contributed by atoms with Crippen LogP contribution in [-0.2, 0) is 15.0 Å². The van der Waals surface area contributed by atoms with Crippen molar-refractivity contribution in [1.82, 2.24) is 5.32 Å². The fourth-order valence-electron chi connectivity index (χ4n) is 4.78. The van der Waals surface area contributed by atoms with Crippen LogP contribution in [0.4, 0.5) is 10.1 Å². The Bertz CT molecular complexity index is 1390. The minimum absolute atomic E-state index is 0.0673. The Morgan fingerprint density at radius 2 is 1.85 bits per heavy atom. The van der Waals surface area contributed by atoms with E-state index in [1.54, 1.807) is 37.3 Å². The molecule has 2 atom stereocenters. The smallest absolute Gasteiger partial charge is 0.244 e. The number of benzene rings is 3. The minimum atomic E-state index is -1.52. The van der Waals surface area contributed by atoms with E-state index in [0.717, 1.165) is 0 Å². The lowest BCUT2D eigenvalue weighted by Crippen LogP contribution is -2.52. The molecule has 33 heavy (non-hydrogen) atoms. The fraction of sp³-hybridized carbons (Fsp3) is 0.120. The lowest BCUT2D eigenvalue weighted by Gasteiger charge is -2.42. The molecule has 0 bridgehead atoms. The van der Waals surface area contributed by atoms with E-state index >= 15 is 0 Å². The van der Waals surface area contributed by atoms with Crippen molar-refractivity contribution in [3.05, 3.63) is 98.8 Å². The van der Waals surface area contributed by atoms with Gasteiger partial charge < -0.3 is 15.7 Å². The quantitative estimate of drug-likeness (QED) is 0.434. The van der Waals surface area contributed by atoms with E-state index in [-0.39, 0.29) is 10.8 Å². The van der Waals surface area contributed by atoms with Crippen LogP contribution < -0.4 is 10.6 Å². The second-order valence-electron chi connectivity index (χ2n) is 8.12. The maximum Gasteiger partial charge on any atom is 0.244 e. The number of aromatic hydroxyl groups is 1. The number of hydrogen-bond donors (Lipinski definition) is 3. The Morgan fingerprint density at radius 1 is 1.06 bits per heavy atom. The monoisotopic (exact) mass is 482 g/mol. The molecule has 3 aromatic carbocycles. The van der Waals surface area contributed by atoms with Crippen LogP contribution in [0, 0.1) is 12.7 Å². The normalized spacial score (nSPS) is 21.5. The summed E-state index contributed by atoms with van der Waals surface area (Å²) in [5.74, 6) is -1.61. The Labute approximate surface area is 198 Å². The summed E-state index contributed by atoms with van der Waals surface area (Å²) in [5, 5.41) is 16.6. The van der Waals surface area contributed by atoms with Gasteiger partial charge in [-0.25, -0.2) is 4.39 Å². The number of fused-ring (bicyclic) bond motifs is 2. The molecule has 8 heteroatoms. The van der Waals surface area contributed by atoms with E-state index < -0.39 is 29.1 Å². The van der Waals surface area contributed by atoms with Gasteiger partial charge in [0.25, 0.3) is 0 Å². The van der Waals surface area contributed by atoms with Crippen molar-refractivity contribution in [2.75, 3.05) is 5.32 Å². The van der Waals surface area contributed by atoms with E-state index in [1.807, 2.05) is 0 Å². The summed E-state index contributed by atoms with van der Waals surface area (Å²) in [7, 11) is 0. The van der Waals surface area contributed by atoms with Crippen LogP contribution in [0.25, 0.3) is 5.57 Å². The zero-order valence-corrected chi connectivity index (χ0v) is 18.8. The number of carbonyl (C=O) groups excluding carboxylic acids is 2. The highest BCUT2D eigenvalue weighted by Crippen LogP contribution is 2.57. The summed E-state index contributed by atoms with van der Waals surface area (Å²) in [4.78, 5) is 26.7. The number of nitrogens with one attached hydrogen (secondary N) is 2. The zero-order chi connectivity index (χ0) is 23.5. The van der Waals surface area contributed by atoms with Gasteiger partial charge in [0.1, 0.15) is 17.0 Å². The molecule has 0 saturated heterocycles. The summed E-state index contributed by atoms with van der Waals surface area (Å²) in [6.07, 6.45) is 1.34. The predicted molar refractivity (Wildman–Crippen MR) is 125 cm³/mol. The molecule has 2 amide bonds. The van der Waals surface area contributed by atoms with Crippen molar-refractivity contribution in [3.63, 3.8) is 0 Å². The van der Waals surface area contributed by atoms with Crippen molar-refractivity contribution in [3.8, 4) is 5.75 Å².